The van der Waals surface area contributed by atoms with Crippen LogP contribution in [-0.2, 0) is 0 Å². The Labute approximate surface area is 192 Å². The van der Waals surface area contributed by atoms with E-state index in [9.17, 15) is 14.9 Å². The summed E-state index contributed by atoms with van der Waals surface area (Å²) in [5.74, 6) is -0.0291. The van der Waals surface area contributed by atoms with Crippen molar-refractivity contribution in [3.63, 3.8) is 0 Å². The number of likely N-dealkylation sites (tertiary alicyclic amines) is 1. The number of nitrogens with zero attached hydrogens (tertiary/aromatic N) is 3. The van der Waals surface area contributed by atoms with E-state index in [1.165, 1.54) is 29.0 Å². The smallest absolute Gasteiger partial charge is 0.274 e. The van der Waals surface area contributed by atoms with Gasteiger partial charge in [0.15, 0.2) is 0 Å². The van der Waals surface area contributed by atoms with Gasteiger partial charge in [-0.05, 0) is 37.1 Å². The Morgan fingerprint density at radius 3 is 2.59 bits per heavy atom. The minimum absolute atomic E-state index is 0.0291. The lowest BCUT2D eigenvalue weighted by Crippen LogP contribution is -2.41. The average molecular weight is 468 g/mol. The van der Waals surface area contributed by atoms with Crippen LogP contribution in [0.5, 0.6) is 5.19 Å². The van der Waals surface area contributed by atoms with E-state index in [1.54, 1.807) is 23.5 Å². The van der Waals surface area contributed by atoms with Crippen LogP contribution < -0.4 is 4.74 Å². The number of thiazole rings is 1. The highest BCUT2D eigenvalue weighted by Crippen LogP contribution is 2.34. The molecule has 1 fully saturated rings. The molecule has 0 saturated carbocycles. The Morgan fingerprint density at radius 1 is 1.12 bits per heavy atom. The number of rotatable bonds is 4. The van der Waals surface area contributed by atoms with E-state index in [0.29, 0.717) is 23.2 Å². The van der Waals surface area contributed by atoms with E-state index in [-0.39, 0.29) is 17.7 Å². The van der Waals surface area contributed by atoms with Crippen molar-refractivity contribution < 1.29 is 14.5 Å². The van der Waals surface area contributed by atoms with Crippen LogP contribution in [0.15, 0.2) is 36.4 Å². The number of piperidine rings is 1. The number of carbonyl (C=O) groups excluding carboxylic acids is 1. The monoisotopic (exact) mass is 467 g/mol. The maximum atomic E-state index is 13.0. The van der Waals surface area contributed by atoms with E-state index in [1.807, 2.05) is 4.90 Å². The van der Waals surface area contributed by atoms with Gasteiger partial charge in [0.1, 0.15) is 6.10 Å². The van der Waals surface area contributed by atoms with Gasteiger partial charge in [-0.15, -0.1) is 11.3 Å². The molecule has 0 atom stereocenters. The van der Waals surface area contributed by atoms with E-state index in [2.05, 4.69) is 31.0 Å². The van der Waals surface area contributed by atoms with Crippen LogP contribution in [0, 0.1) is 24.0 Å². The highest BCUT2D eigenvalue weighted by molar-refractivity contribution is 7.21. The molecule has 2 aromatic heterocycles. The standard InChI is InChI=1S/C23H21N3O4S2/c1-13-3-4-14(2)21-20(13)24-23(32-21)30-17-7-9-25(10-8-17)22(27)19-12-15-11-16(26(28)29)5-6-18(15)31-19/h3-6,11-12,17H,7-10H2,1-2H3. The molecular weight excluding hydrogens is 446 g/mol. The van der Waals surface area contributed by atoms with Crippen LogP contribution in [-0.4, -0.2) is 39.9 Å². The first-order valence-corrected chi connectivity index (χ1v) is 12.0. The summed E-state index contributed by atoms with van der Waals surface area (Å²) < 4.78 is 8.21. The second kappa shape index (κ2) is 8.14. The summed E-state index contributed by atoms with van der Waals surface area (Å²) in [6, 6.07) is 10.6. The third-order valence-corrected chi connectivity index (χ3v) is 8.03. The Balaban J connectivity index is 1.25. The first-order valence-electron chi connectivity index (χ1n) is 10.4. The van der Waals surface area contributed by atoms with Crippen molar-refractivity contribution in [3.05, 3.63) is 62.5 Å². The number of hydrogen-bond donors (Lipinski definition) is 0. The van der Waals surface area contributed by atoms with Gasteiger partial charge < -0.3 is 9.64 Å². The fourth-order valence-electron chi connectivity index (χ4n) is 4.01. The van der Waals surface area contributed by atoms with Gasteiger partial charge in [0.05, 0.1) is 20.0 Å². The highest BCUT2D eigenvalue weighted by atomic mass is 32.1. The van der Waals surface area contributed by atoms with Crippen molar-refractivity contribution in [1.82, 2.24) is 9.88 Å². The predicted molar refractivity (Wildman–Crippen MR) is 127 cm³/mol. The largest absolute Gasteiger partial charge is 0.467 e. The maximum absolute atomic E-state index is 13.0. The van der Waals surface area contributed by atoms with Crippen molar-refractivity contribution in [2.45, 2.75) is 32.8 Å². The molecule has 32 heavy (non-hydrogen) atoms. The molecule has 0 aliphatic carbocycles. The van der Waals surface area contributed by atoms with Crippen LogP contribution >= 0.6 is 22.7 Å². The molecule has 2 aromatic carbocycles. The first-order chi connectivity index (χ1) is 15.4. The van der Waals surface area contributed by atoms with Gasteiger partial charge in [0, 0.05) is 48.2 Å². The molecule has 1 amide bonds. The molecule has 1 aliphatic rings. The van der Waals surface area contributed by atoms with Gasteiger partial charge in [-0.1, -0.05) is 23.5 Å². The predicted octanol–water partition coefficient (Wildman–Crippen LogP) is 5.72. The van der Waals surface area contributed by atoms with Gasteiger partial charge in [-0.3, -0.25) is 14.9 Å². The minimum atomic E-state index is -0.419. The molecule has 9 heteroatoms. The summed E-state index contributed by atoms with van der Waals surface area (Å²) in [6.07, 6.45) is 1.52. The summed E-state index contributed by atoms with van der Waals surface area (Å²) in [5, 5.41) is 12.4. The number of nitro groups is 1. The number of carbonyl (C=O) groups is 1. The van der Waals surface area contributed by atoms with Gasteiger partial charge in [-0.2, -0.15) is 0 Å². The Morgan fingerprint density at radius 2 is 1.88 bits per heavy atom. The number of thiophene rings is 1. The molecule has 0 spiro atoms. The third-order valence-electron chi connectivity index (χ3n) is 5.84. The van der Waals surface area contributed by atoms with Gasteiger partial charge in [0.25, 0.3) is 16.8 Å². The number of aryl methyl sites for hydroxylation is 2. The molecule has 0 N–H and O–H groups in total. The van der Waals surface area contributed by atoms with Crippen LogP contribution in [0.3, 0.4) is 0 Å². The fraction of sp³-hybridized carbons (Fsp3) is 0.304. The quantitative estimate of drug-likeness (QED) is 0.283. The van der Waals surface area contributed by atoms with E-state index >= 15 is 0 Å². The fourth-order valence-corrected chi connectivity index (χ4v) is 6.05. The zero-order valence-electron chi connectivity index (χ0n) is 17.7. The van der Waals surface area contributed by atoms with Gasteiger partial charge in [0.2, 0.25) is 0 Å². The lowest BCUT2D eigenvalue weighted by molar-refractivity contribution is -0.384. The molecule has 5 rings (SSSR count). The number of aromatic nitrogens is 1. The second-order valence-corrected chi connectivity index (χ2v) is 10.1. The molecule has 4 aromatic rings. The topological polar surface area (TPSA) is 85.6 Å². The lowest BCUT2D eigenvalue weighted by Gasteiger charge is -2.31. The second-order valence-electron chi connectivity index (χ2n) is 8.06. The molecule has 1 aliphatic heterocycles. The van der Waals surface area contributed by atoms with E-state index in [0.717, 1.165) is 38.7 Å². The molecule has 1 saturated heterocycles. The first kappa shape index (κ1) is 20.8. The van der Waals surface area contributed by atoms with Crippen molar-refractivity contribution in [2.75, 3.05) is 13.1 Å². The van der Waals surface area contributed by atoms with Crippen molar-refractivity contribution in [3.8, 4) is 5.19 Å². The van der Waals surface area contributed by atoms with E-state index in [4.69, 9.17) is 4.74 Å². The SMILES string of the molecule is Cc1ccc(C)c2sc(OC3CCN(C(=O)c4cc5cc([N+](=O)[O-])ccc5s4)CC3)nc12. The van der Waals surface area contributed by atoms with Gasteiger partial charge in [-0.25, -0.2) is 4.98 Å². The lowest BCUT2D eigenvalue weighted by atomic mass is 10.1. The maximum Gasteiger partial charge on any atom is 0.274 e. The summed E-state index contributed by atoms with van der Waals surface area (Å²) >= 11 is 2.96. The van der Waals surface area contributed by atoms with Crippen LogP contribution in [0.4, 0.5) is 5.69 Å². The third kappa shape index (κ3) is 3.82. The number of ether oxygens (including phenoxy) is 1. The zero-order chi connectivity index (χ0) is 22.4. The Hall–Kier alpha value is -3.04. The number of amides is 1. The highest BCUT2D eigenvalue weighted by Gasteiger charge is 2.27. The number of nitro benzene ring substituents is 1. The van der Waals surface area contributed by atoms with Crippen molar-refractivity contribution in [2.24, 2.45) is 0 Å². The zero-order valence-corrected chi connectivity index (χ0v) is 19.3. The number of hydrogen-bond acceptors (Lipinski definition) is 7. The van der Waals surface area contributed by atoms with Gasteiger partial charge >= 0.3 is 0 Å². The normalized spacial score (nSPS) is 14.9. The van der Waals surface area contributed by atoms with Crippen LogP contribution in [0.1, 0.15) is 33.6 Å². The van der Waals surface area contributed by atoms with Crippen LogP contribution in [0.2, 0.25) is 0 Å². The Bertz CT molecular complexity index is 1310. The summed E-state index contributed by atoms with van der Waals surface area (Å²) in [5.41, 5.74) is 3.38. The average Bonchev–Trinajstić information content (AvgIpc) is 3.41. The number of non-ortho nitro benzene ring substituents is 1. The number of fused-ring (bicyclic) bond motifs is 2. The molecule has 0 bridgehead atoms. The van der Waals surface area contributed by atoms with Crippen molar-refractivity contribution >= 4 is 54.6 Å². The van der Waals surface area contributed by atoms with Crippen LogP contribution in [0.25, 0.3) is 20.3 Å². The number of benzene rings is 2. The molecule has 7 nitrogen and oxygen atoms in total. The van der Waals surface area contributed by atoms with E-state index < -0.39 is 4.92 Å². The molecule has 3 heterocycles. The van der Waals surface area contributed by atoms with Crippen molar-refractivity contribution in [1.29, 1.82) is 0 Å². The Kier molecular flexibility index (Phi) is 5.30. The summed E-state index contributed by atoms with van der Waals surface area (Å²) in [4.78, 5) is 30.7. The summed E-state index contributed by atoms with van der Waals surface area (Å²) in [6.45, 7) is 5.36. The summed E-state index contributed by atoms with van der Waals surface area (Å²) in [7, 11) is 0. The molecule has 164 valence electrons. The molecule has 0 radical (unpaired) electrons. The molecule has 0 unspecified atom stereocenters. The minimum Gasteiger partial charge on any atom is -0.467 e. The molecular formula is C23H21N3O4S2.